The Morgan fingerprint density at radius 3 is 2.81 bits per heavy atom. The van der Waals surface area contributed by atoms with Crippen LogP contribution < -0.4 is 0 Å². The molecule has 3 aromatic rings. The van der Waals surface area contributed by atoms with Crippen LogP contribution in [0.5, 0.6) is 0 Å². The molecule has 4 rings (SSSR count). The highest BCUT2D eigenvalue weighted by molar-refractivity contribution is 5.89. The molecule has 0 bridgehead atoms. The van der Waals surface area contributed by atoms with Crippen molar-refractivity contribution in [2.45, 2.75) is 38.8 Å². The molecule has 1 aliphatic heterocycles. The molecule has 0 saturated carbocycles. The zero-order chi connectivity index (χ0) is 18.5. The fourth-order valence-corrected chi connectivity index (χ4v) is 4.40. The van der Waals surface area contributed by atoms with E-state index < -0.39 is 5.60 Å². The molecule has 1 N–H and O–H groups in total. The zero-order valence-electron chi connectivity index (χ0n) is 16.1. The van der Waals surface area contributed by atoms with Crippen molar-refractivity contribution in [3.63, 3.8) is 0 Å². The molecule has 0 fully saturated rings. The Labute approximate surface area is 155 Å². The van der Waals surface area contributed by atoms with Crippen LogP contribution in [0.4, 0.5) is 0 Å². The summed E-state index contributed by atoms with van der Waals surface area (Å²) in [6, 6.07) is 8.36. The number of fused-ring (bicyclic) bond motifs is 3. The molecule has 1 aromatic carbocycles. The highest BCUT2D eigenvalue weighted by Crippen LogP contribution is 2.35. The largest absolute Gasteiger partial charge is 0.385 e. The Morgan fingerprint density at radius 2 is 2.08 bits per heavy atom. The number of hydrogen-bond donors (Lipinski definition) is 1. The molecular weight excluding hydrogens is 322 g/mol. The fraction of sp³-hybridized carbons (Fsp3) is 0.409. The van der Waals surface area contributed by atoms with Crippen molar-refractivity contribution in [2.75, 3.05) is 13.6 Å². The van der Waals surface area contributed by atoms with Crippen molar-refractivity contribution < 1.29 is 5.11 Å². The predicted octanol–water partition coefficient (Wildman–Crippen LogP) is 3.32. The summed E-state index contributed by atoms with van der Waals surface area (Å²) in [6.45, 7) is 6.12. The van der Waals surface area contributed by atoms with E-state index in [0.29, 0.717) is 6.42 Å². The van der Waals surface area contributed by atoms with Gasteiger partial charge in [-0.15, -0.1) is 0 Å². The molecule has 4 heteroatoms. The Hall–Kier alpha value is -2.17. The first kappa shape index (κ1) is 17.3. The van der Waals surface area contributed by atoms with Gasteiger partial charge < -0.3 is 14.6 Å². The second kappa shape index (κ2) is 6.22. The van der Waals surface area contributed by atoms with Gasteiger partial charge in [-0.05, 0) is 44.2 Å². The molecule has 0 spiro atoms. The summed E-state index contributed by atoms with van der Waals surface area (Å²) in [4.78, 5) is 6.57. The summed E-state index contributed by atoms with van der Waals surface area (Å²) in [5.41, 5.74) is 6.50. The van der Waals surface area contributed by atoms with Gasteiger partial charge in [0.15, 0.2) is 0 Å². The number of aryl methyl sites for hydroxylation is 2. The molecule has 3 heterocycles. The van der Waals surface area contributed by atoms with Gasteiger partial charge in [0.25, 0.3) is 0 Å². The van der Waals surface area contributed by atoms with Crippen molar-refractivity contribution in [3.8, 4) is 0 Å². The van der Waals surface area contributed by atoms with E-state index in [0.717, 1.165) is 25.1 Å². The third-order valence-electron chi connectivity index (χ3n) is 5.72. The topological polar surface area (TPSA) is 41.3 Å². The predicted molar refractivity (Wildman–Crippen MR) is 105 cm³/mol. The standard InChI is InChI=1S/C22H27N3O/c1-15-10-16(12-22(2,26)17-6-5-8-23-13-17)21-18(11-15)19-14-24(3)9-7-20(19)25(21)4/h5-6,8,10-11,13,26H,7,9,12,14H2,1-4H3. The second-order valence-electron chi connectivity index (χ2n) is 7.98. The molecule has 136 valence electrons. The SMILES string of the molecule is Cc1cc(CC(C)(O)c2cccnc2)c2c(c1)c1c(n2C)CCN(C)C1. The molecule has 0 amide bonds. The highest BCUT2D eigenvalue weighted by Gasteiger charge is 2.28. The third-order valence-corrected chi connectivity index (χ3v) is 5.72. The minimum atomic E-state index is -0.948. The van der Waals surface area contributed by atoms with Gasteiger partial charge in [0.1, 0.15) is 0 Å². The van der Waals surface area contributed by atoms with Gasteiger partial charge in [-0.2, -0.15) is 0 Å². The molecule has 4 nitrogen and oxygen atoms in total. The van der Waals surface area contributed by atoms with Crippen molar-refractivity contribution in [1.82, 2.24) is 14.5 Å². The van der Waals surface area contributed by atoms with Crippen LogP contribution in [0.2, 0.25) is 0 Å². The van der Waals surface area contributed by atoms with Gasteiger partial charge in [0.05, 0.1) is 11.1 Å². The van der Waals surface area contributed by atoms with Gasteiger partial charge in [-0.3, -0.25) is 4.98 Å². The van der Waals surface area contributed by atoms with Crippen LogP contribution in [0.15, 0.2) is 36.7 Å². The third kappa shape index (κ3) is 2.83. The van der Waals surface area contributed by atoms with E-state index in [1.807, 2.05) is 19.1 Å². The van der Waals surface area contributed by atoms with Crippen molar-refractivity contribution in [2.24, 2.45) is 7.05 Å². The zero-order valence-corrected chi connectivity index (χ0v) is 16.1. The van der Waals surface area contributed by atoms with Crippen LogP contribution in [-0.2, 0) is 32.0 Å². The second-order valence-corrected chi connectivity index (χ2v) is 7.98. The lowest BCUT2D eigenvalue weighted by Crippen LogP contribution is -2.27. The highest BCUT2D eigenvalue weighted by atomic mass is 16.3. The van der Waals surface area contributed by atoms with Gasteiger partial charge in [-0.25, -0.2) is 0 Å². The number of benzene rings is 1. The maximum Gasteiger partial charge on any atom is 0.0924 e. The Balaban J connectivity index is 1.86. The molecule has 2 aromatic heterocycles. The molecule has 1 atom stereocenters. The minimum Gasteiger partial charge on any atom is -0.385 e. The van der Waals surface area contributed by atoms with E-state index in [1.54, 1.807) is 12.4 Å². The van der Waals surface area contributed by atoms with Crippen LogP contribution in [0, 0.1) is 6.92 Å². The van der Waals surface area contributed by atoms with Crippen molar-refractivity contribution in [3.05, 3.63) is 64.6 Å². The maximum atomic E-state index is 11.2. The van der Waals surface area contributed by atoms with E-state index in [-0.39, 0.29) is 0 Å². The number of nitrogens with zero attached hydrogens (tertiary/aromatic N) is 3. The van der Waals surface area contributed by atoms with E-state index >= 15 is 0 Å². The van der Waals surface area contributed by atoms with E-state index in [4.69, 9.17) is 0 Å². The molecular formula is C22H27N3O. The fourth-order valence-electron chi connectivity index (χ4n) is 4.40. The van der Waals surface area contributed by atoms with Crippen LogP contribution in [-0.4, -0.2) is 33.1 Å². The summed E-state index contributed by atoms with van der Waals surface area (Å²) in [5.74, 6) is 0. The Morgan fingerprint density at radius 1 is 1.27 bits per heavy atom. The lowest BCUT2D eigenvalue weighted by molar-refractivity contribution is 0.0575. The lowest BCUT2D eigenvalue weighted by atomic mass is 9.88. The average Bonchev–Trinajstić information content (AvgIpc) is 2.87. The molecule has 0 radical (unpaired) electrons. The summed E-state index contributed by atoms with van der Waals surface area (Å²) < 4.78 is 2.35. The van der Waals surface area contributed by atoms with Gasteiger partial charge in [0, 0.05) is 62.0 Å². The first-order valence-corrected chi connectivity index (χ1v) is 9.28. The average molecular weight is 349 g/mol. The molecule has 26 heavy (non-hydrogen) atoms. The van der Waals surface area contributed by atoms with Crippen LogP contribution >= 0.6 is 0 Å². The van der Waals surface area contributed by atoms with Gasteiger partial charge in [0.2, 0.25) is 0 Å². The Bertz CT molecular complexity index is 957. The maximum absolute atomic E-state index is 11.2. The smallest absolute Gasteiger partial charge is 0.0924 e. The van der Waals surface area contributed by atoms with Gasteiger partial charge in [-0.1, -0.05) is 17.7 Å². The lowest BCUT2D eigenvalue weighted by Gasteiger charge is -2.24. The van der Waals surface area contributed by atoms with Gasteiger partial charge >= 0.3 is 0 Å². The summed E-state index contributed by atoms with van der Waals surface area (Å²) in [7, 11) is 4.36. The van der Waals surface area contributed by atoms with E-state index in [1.165, 1.54) is 33.3 Å². The summed E-state index contributed by atoms with van der Waals surface area (Å²) >= 11 is 0. The molecule has 0 saturated heterocycles. The molecule has 1 unspecified atom stereocenters. The normalized spacial score (nSPS) is 17.3. The number of rotatable bonds is 3. The van der Waals surface area contributed by atoms with Crippen LogP contribution in [0.25, 0.3) is 10.9 Å². The molecule has 0 aliphatic carbocycles. The summed E-state index contributed by atoms with van der Waals surface area (Å²) in [6.07, 6.45) is 5.15. The number of aromatic nitrogens is 2. The minimum absolute atomic E-state index is 0.573. The Kier molecular flexibility index (Phi) is 4.13. The first-order chi connectivity index (χ1) is 12.4. The van der Waals surface area contributed by atoms with Crippen molar-refractivity contribution in [1.29, 1.82) is 0 Å². The number of hydrogen-bond acceptors (Lipinski definition) is 3. The quantitative estimate of drug-likeness (QED) is 0.789. The van der Waals surface area contributed by atoms with Crippen LogP contribution in [0.1, 0.15) is 34.9 Å². The van der Waals surface area contributed by atoms with Crippen LogP contribution in [0.3, 0.4) is 0 Å². The van der Waals surface area contributed by atoms with Crippen molar-refractivity contribution >= 4 is 10.9 Å². The monoisotopic (exact) mass is 349 g/mol. The number of pyridine rings is 1. The van der Waals surface area contributed by atoms with E-state index in [2.05, 4.69) is 47.6 Å². The first-order valence-electron chi connectivity index (χ1n) is 9.28. The number of aliphatic hydroxyl groups is 1. The number of likely N-dealkylation sites (N-methyl/N-ethyl adjacent to an activating group) is 1. The van der Waals surface area contributed by atoms with E-state index in [9.17, 15) is 5.11 Å². The summed E-state index contributed by atoms with van der Waals surface area (Å²) in [5, 5.41) is 12.5. The molecule has 1 aliphatic rings.